The Balaban J connectivity index is 2.12. The molecule has 0 saturated heterocycles. The molecule has 1 atom stereocenters. The van der Waals surface area contributed by atoms with Gasteiger partial charge in [-0.2, -0.15) is 0 Å². The molecule has 0 aliphatic carbocycles. The maximum absolute atomic E-state index is 12.5. The highest BCUT2D eigenvalue weighted by atomic mass is 16.5. The van der Waals surface area contributed by atoms with Crippen LogP contribution in [-0.2, 0) is 10.2 Å². The number of aliphatic hydroxyl groups is 1. The molecular formula is C29H43N3O5. The number of aliphatic hydroxyl groups excluding tert-OH is 1. The molecule has 1 aromatic carbocycles. The molecule has 0 saturated carbocycles. The third kappa shape index (κ3) is 8.01. The fourth-order valence-corrected chi connectivity index (χ4v) is 4.27. The van der Waals surface area contributed by atoms with Crippen molar-refractivity contribution in [2.75, 3.05) is 13.2 Å². The Morgan fingerprint density at radius 1 is 1.03 bits per heavy atom. The van der Waals surface area contributed by atoms with Gasteiger partial charge in [0.25, 0.3) is 5.91 Å². The van der Waals surface area contributed by atoms with Crippen molar-refractivity contribution in [3.8, 4) is 5.75 Å². The monoisotopic (exact) mass is 513 g/mol. The fourth-order valence-electron chi connectivity index (χ4n) is 4.27. The van der Waals surface area contributed by atoms with Crippen molar-refractivity contribution in [2.45, 2.75) is 85.2 Å². The van der Waals surface area contributed by atoms with Gasteiger partial charge in [0.1, 0.15) is 12.4 Å². The van der Waals surface area contributed by atoms with Crippen LogP contribution in [0.3, 0.4) is 0 Å². The van der Waals surface area contributed by atoms with Crippen LogP contribution >= 0.6 is 0 Å². The van der Waals surface area contributed by atoms with E-state index in [0.29, 0.717) is 30.7 Å². The maximum Gasteiger partial charge on any atom is 0.251 e. The zero-order valence-electron chi connectivity index (χ0n) is 23.1. The molecule has 0 spiro atoms. The quantitative estimate of drug-likeness (QED) is 0.175. The molecule has 8 heteroatoms. The van der Waals surface area contributed by atoms with Crippen LogP contribution in [0.5, 0.6) is 5.75 Å². The first-order chi connectivity index (χ1) is 17.5. The zero-order valence-corrected chi connectivity index (χ0v) is 23.1. The number of hydrogen-bond donors (Lipinski definition) is 4. The summed E-state index contributed by atoms with van der Waals surface area (Å²) < 4.78 is 5.88. The van der Waals surface area contributed by atoms with Crippen molar-refractivity contribution < 1.29 is 24.6 Å². The van der Waals surface area contributed by atoms with Gasteiger partial charge < -0.3 is 15.2 Å². The van der Waals surface area contributed by atoms with Crippen LogP contribution in [0, 0.1) is 12.3 Å². The van der Waals surface area contributed by atoms with Crippen LogP contribution in [0.25, 0.3) is 0 Å². The van der Waals surface area contributed by atoms with Crippen molar-refractivity contribution in [3.05, 3.63) is 58.9 Å². The fraction of sp³-hybridized carbons (Fsp3) is 0.552. The molecule has 2 rings (SSSR count). The summed E-state index contributed by atoms with van der Waals surface area (Å²) in [4.78, 5) is 28.5. The van der Waals surface area contributed by atoms with Gasteiger partial charge in [0, 0.05) is 23.9 Å². The van der Waals surface area contributed by atoms with Crippen molar-refractivity contribution in [1.82, 2.24) is 15.8 Å². The van der Waals surface area contributed by atoms with Crippen LogP contribution in [0.4, 0.5) is 0 Å². The third-order valence-corrected chi connectivity index (χ3v) is 7.07. The highest BCUT2D eigenvalue weighted by Crippen LogP contribution is 2.39. The molecule has 0 bridgehead atoms. The van der Waals surface area contributed by atoms with Gasteiger partial charge in [-0.3, -0.25) is 19.8 Å². The molecule has 1 heterocycles. The molecule has 0 aliphatic heterocycles. The van der Waals surface area contributed by atoms with Crippen molar-refractivity contribution >= 4 is 11.8 Å². The minimum Gasteiger partial charge on any atom is -0.489 e. The number of hydrogen-bond acceptors (Lipinski definition) is 6. The Bertz CT molecular complexity index is 1030. The summed E-state index contributed by atoms with van der Waals surface area (Å²) in [5.41, 5.74) is 4.42. The number of carbonyl (C=O) groups is 2. The summed E-state index contributed by atoms with van der Waals surface area (Å²) in [6, 6.07) is 11.6. The molecule has 0 fully saturated rings. The van der Waals surface area contributed by atoms with E-state index in [9.17, 15) is 14.7 Å². The maximum atomic E-state index is 12.5. The molecule has 37 heavy (non-hydrogen) atoms. The predicted molar refractivity (Wildman–Crippen MR) is 144 cm³/mol. The van der Waals surface area contributed by atoms with Gasteiger partial charge in [0.15, 0.2) is 0 Å². The number of ether oxygens (including phenoxy) is 1. The van der Waals surface area contributed by atoms with Crippen molar-refractivity contribution in [1.29, 1.82) is 0 Å². The minimum atomic E-state index is -0.583. The number of nitrogens with one attached hydrogen (secondary N) is 2. The van der Waals surface area contributed by atoms with Crippen LogP contribution < -0.4 is 15.5 Å². The lowest BCUT2D eigenvalue weighted by atomic mass is 9.72. The third-order valence-electron chi connectivity index (χ3n) is 7.07. The lowest BCUT2D eigenvalue weighted by Crippen LogP contribution is -2.32. The van der Waals surface area contributed by atoms with Crippen LogP contribution in [0.1, 0.15) is 94.0 Å². The second-order valence-corrected chi connectivity index (χ2v) is 10.6. The Hall–Kier alpha value is -2.97. The standard InChI is InChI=1S/C29H43N3O5/c1-7-29(8-2,24-17-16-23(20(3)31-24)37-19-25(33)28(4,5)6)22-14-12-21(13-15-22)27(35)30-18-10-9-11-26(34)32-36/h12-17,25,33,36H,7-11,18-19H2,1-6H3,(H,30,35)(H,32,34). The topological polar surface area (TPSA) is 121 Å². The Morgan fingerprint density at radius 3 is 2.22 bits per heavy atom. The van der Waals surface area contributed by atoms with E-state index >= 15 is 0 Å². The molecule has 0 aliphatic rings. The molecule has 1 unspecified atom stereocenters. The average Bonchev–Trinajstić information content (AvgIpc) is 2.88. The summed E-state index contributed by atoms with van der Waals surface area (Å²) in [6.07, 6.45) is 2.54. The van der Waals surface area contributed by atoms with Crippen LogP contribution in [0.15, 0.2) is 36.4 Å². The number of aromatic nitrogens is 1. The Labute approximate surface area is 220 Å². The smallest absolute Gasteiger partial charge is 0.251 e. The number of unbranched alkanes of at least 4 members (excludes halogenated alkanes) is 1. The van der Waals surface area contributed by atoms with E-state index in [2.05, 4.69) is 19.2 Å². The van der Waals surface area contributed by atoms with Gasteiger partial charge >= 0.3 is 0 Å². The zero-order chi connectivity index (χ0) is 27.6. The van der Waals surface area contributed by atoms with E-state index in [-0.39, 0.29) is 29.8 Å². The molecule has 0 radical (unpaired) electrons. The normalized spacial score (nSPS) is 12.6. The highest BCUT2D eigenvalue weighted by molar-refractivity contribution is 5.94. The summed E-state index contributed by atoms with van der Waals surface area (Å²) in [5, 5.41) is 21.7. The summed E-state index contributed by atoms with van der Waals surface area (Å²) in [6.45, 7) is 12.8. The lowest BCUT2D eigenvalue weighted by Gasteiger charge is -2.33. The predicted octanol–water partition coefficient (Wildman–Crippen LogP) is 4.69. The van der Waals surface area contributed by atoms with Crippen molar-refractivity contribution in [3.63, 3.8) is 0 Å². The molecule has 1 aromatic heterocycles. The second-order valence-electron chi connectivity index (χ2n) is 10.6. The van der Waals surface area contributed by atoms with E-state index < -0.39 is 12.0 Å². The van der Waals surface area contributed by atoms with Gasteiger partial charge in [-0.15, -0.1) is 0 Å². The van der Waals surface area contributed by atoms with E-state index in [4.69, 9.17) is 14.9 Å². The Kier molecular flexibility index (Phi) is 11.1. The molecule has 4 N–H and O–H groups in total. The first-order valence-corrected chi connectivity index (χ1v) is 13.1. The second kappa shape index (κ2) is 13.5. The minimum absolute atomic E-state index is 0.162. The van der Waals surface area contributed by atoms with Gasteiger partial charge in [0.2, 0.25) is 5.91 Å². The van der Waals surface area contributed by atoms with Crippen molar-refractivity contribution in [2.24, 2.45) is 5.41 Å². The van der Waals surface area contributed by atoms with E-state index in [1.165, 1.54) is 0 Å². The van der Waals surface area contributed by atoms with Gasteiger partial charge in [-0.05, 0) is 67.9 Å². The number of amides is 2. The number of pyridine rings is 1. The van der Waals surface area contributed by atoms with Crippen LogP contribution in [-0.4, -0.2) is 46.4 Å². The summed E-state index contributed by atoms with van der Waals surface area (Å²) in [7, 11) is 0. The summed E-state index contributed by atoms with van der Waals surface area (Å²) >= 11 is 0. The number of hydroxylamine groups is 1. The van der Waals surface area contributed by atoms with Crippen LogP contribution in [0.2, 0.25) is 0 Å². The largest absolute Gasteiger partial charge is 0.489 e. The van der Waals surface area contributed by atoms with E-state index in [1.54, 1.807) is 5.48 Å². The molecular weight excluding hydrogens is 470 g/mol. The van der Waals surface area contributed by atoms with Gasteiger partial charge in [0.05, 0.1) is 17.5 Å². The number of carbonyl (C=O) groups excluding carboxylic acids is 2. The first-order valence-electron chi connectivity index (χ1n) is 13.1. The average molecular weight is 514 g/mol. The highest BCUT2D eigenvalue weighted by Gasteiger charge is 2.33. The lowest BCUT2D eigenvalue weighted by molar-refractivity contribution is -0.129. The molecule has 204 valence electrons. The number of aryl methyl sites for hydroxylation is 1. The first kappa shape index (κ1) is 30.3. The van der Waals surface area contributed by atoms with E-state index in [1.807, 2.05) is 64.1 Å². The number of nitrogens with zero attached hydrogens (tertiary/aromatic N) is 1. The number of benzene rings is 1. The SMILES string of the molecule is CCC(CC)(c1ccc(C(=O)NCCCCC(=O)NO)cc1)c1ccc(OCC(O)C(C)(C)C)c(C)n1. The molecule has 2 amide bonds. The van der Waals surface area contributed by atoms with Gasteiger partial charge in [-0.25, -0.2) is 5.48 Å². The summed E-state index contributed by atoms with van der Waals surface area (Å²) in [5.74, 6) is 0.0743. The molecule has 8 nitrogen and oxygen atoms in total. The number of rotatable bonds is 13. The Morgan fingerprint density at radius 2 is 1.68 bits per heavy atom. The van der Waals surface area contributed by atoms with Gasteiger partial charge in [-0.1, -0.05) is 46.8 Å². The van der Waals surface area contributed by atoms with E-state index in [0.717, 1.165) is 29.8 Å². The molecule has 2 aromatic rings.